The number of aliphatic carboxylic acids is 1. The molecular weight excluding hydrogens is 494 g/mol. The molecule has 0 aromatic heterocycles. The number of carbonyl (C=O) groups is 2. The predicted octanol–water partition coefficient (Wildman–Crippen LogP) is 6.04. The van der Waals surface area contributed by atoms with Gasteiger partial charge in [0, 0.05) is 17.9 Å². The minimum atomic E-state index is -0.833. The lowest BCUT2D eigenvalue weighted by Crippen LogP contribution is -2.32. The Labute approximate surface area is 234 Å². The number of benzene rings is 2. The molecule has 7 nitrogen and oxygen atoms in total. The van der Waals surface area contributed by atoms with Crippen molar-refractivity contribution in [3.63, 3.8) is 0 Å². The highest BCUT2D eigenvalue weighted by Gasteiger charge is 2.32. The van der Waals surface area contributed by atoms with Crippen LogP contribution in [0.25, 0.3) is 6.08 Å². The van der Waals surface area contributed by atoms with E-state index >= 15 is 0 Å². The van der Waals surface area contributed by atoms with Gasteiger partial charge < -0.3 is 25.4 Å². The Morgan fingerprint density at radius 2 is 1.54 bits per heavy atom. The van der Waals surface area contributed by atoms with Gasteiger partial charge in [0.25, 0.3) is 5.97 Å². The second-order valence-corrected chi connectivity index (χ2v) is 10.7. The normalized spacial score (nSPS) is 12.1. The number of carboxylic acids is 1. The molecule has 39 heavy (non-hydrogen) atoms. The number of carbonyl (C=O) groups excluding carboxylic acids is 1. The number of allylic oxidation sites excluding steroid dienone is 1. The number of rotatable bonds is 9. The molecule has 0 saturated carbocycles. The van der Waals surface area contributed by atoms with E-state index in [2.05, 4.69) is 31.3 Å². The van der Waals surface area contributed by atoms with Crippen LogP contribution >= 0.6 is 0 Å². The predicted molar refractivity (Wildman–Crippen MR) is 160 cm³/mol. The highest BCUT2D eigenvalue weighted by molar-refractivity contribution is 5.76. The topological polar surface area (TPSA) is 116 Å². The summed E-state index contributed by atoms with van der Waals surface area (Å²) in [5.41, 5.74) is 4.26. The lowest BCUT2D eigenvalue weighted by molar-refractivity contribution is -0.134. The average molecular weight is 544 g/mol. The molecule has 0 aliphatic heterocycles. The van der Waals surface area contributed by atoms with Crippen molar-refractivity contribution in [2.75, 3.05) is 20.7 Å². The molecule has 0 saturated heterocycles. The van der Waals surface area contributed by atoms with Crippen LogP contribution < -0.4 is 10.1 Å². The van der Waals surface area contributed by atoms with Gasteiger partial charge in [0.1, 0.15) is 24.4 Å². The first-order chi connectivity index (χ1) is 18.1. The molecule has 2 aromatic rings. The first-order valence-corrected chi connectivity index (χ1v) is 13.3. The fourth-order valence-corrected chi connectivity index (χ4v) is 4.11. The van der Waals surface area contributed by atoms with Crippen LogP contribution in [-0.4, -0.2) is 54.4 Å². The molecular formula is C32H49NO6. The third kappa shape index (κ3) is 10.9. The average Bonchev–Trinajstić information content (AvgIpc) is 2.85. The van der Waals surface area contributed by atoms with Gasteiger partial charge in [-0.25, -0.2) is 0 Å². The van der Waals surface area contributed by atoms with Gasteiger partial charge in [-0.2, -0.15) is 0 Å². The number of carboxylic acid groups (broad SMARTS) is 1. The standard InChI is InChI=1S/C28H38O4.C2H7N.C2H4O2/c1-8-28(9-2,23-16-20(4)26(31)21(17-23)11-10-14-29)22-12-13-24(19(3)15-22)32-18-25(30)27(5,6)7;1-3-2;1-2(3)4/h10-17,25,30-31H,8-9,18H2,1-7H3;3H,1-2H3;1H3,(H,3,4)/b11-10+;;. The van der Waals surface area contributed by atoms with Gasteiger partial charge in [0.15, 0.2) is 0 Å². The summed E-state index contributed by atoms with van der Waals surface area (Å²) in [5, 5.41) is 30.9. The molecule has 0 fully saturated rings. The lowest BCUT2D eigenvalue weighted by atomic mass is 9.69. The molecule has 7 heteroatoms. The van der Waals surface area contributed by atoms with Crippen molar-refractivity contribution in [2.24, 2.45) is 5.41 Å². The Balaban J connectivity index is 0.00000185. The van der Waals surface area contributed by atoms with Gasteiger partial charge in [0.2, 0.25) is 0 Å². The van der Waals surface area contributed by atoms with Crippen LogP contribution in [0.3, 0.4) is 0 Å². The number of hydrogen-bond donors (Lipinski definition) is 4. The Morgan fingerprint density at radius 3 is 1.97 bits per heavy atom. The molecule has 0 amide bonds. The molecule has 2 rings (SSSR count). The van der Waals surface area contributed by atoms with Gasteiger partial charge in [0.05, 0.1) is 6.10 Å². The molecule has 1 atom stereocenters. The Kier molecular flexibility index (Phi) is 15.4. The maximum atomic E-state index is 10.8. The summed E-state index contributed by atoms with van der Waals surface area (Å²) in [5.74, 6) is 0.139. The van der Waals surface area contributed by atoms with E-state index in [0.29, 0.717) is 11.8 Å². The van der Waals surface area contributed by atoms with Crippen molar-refractivity contribution in [1.82, 2.24) is 5.32 Å². The fourth-order valence-electron chi connectivity index (χ4n) is 4.11. The van der Waals surface area contributed by atoms with Gasteiger partial charge in [-0.3, -0.25) is 9.59 Å². The van der Waals surface area contributed by atoms with E-state index in [-0.39, 0.29) is 23.2 Å². The molecule has 1 unspecified atom stereocenters. The van der Waals surface area contributed by atoms with Crippen molar-refractivity contribution in [3.8, 4) is 11.5 Å². The summed E-state index contributed by atoms with van der Waals surface area (Å²) in [6.07, 6.45) is 4.98. The number of phenolic OH excluding ortho intramolecular Hbond substituents is 1. The highest BCUT2D eigenvalue weighted by atomic mass is 16.5. The fraction of sp³-hybridized carbons (Fsp3) is 0.500. The molecule has 0 spiro atoms. The molecule has 0 aliphatic rings. The van der Waals surface area contributed by atoms with E-state index in [4.69, 9.17) is 14.6 Å². The van der Waals surface area contributed by atoms with Crippen LogP contribution in [0.4, 0.5) is 0 Å². The molecule has 4 N–H and O–H groups in total. The summed E-state index contributed by atoms with van der Waals surface area (Å²) in [7, 11) is 3.75. The molecule has 2 aromatic carbocycles. The largest absolute Gasteiger partial charge is 0.507 e. The first kappa shape index (κ1) is 35.8. The van der Waals surface area contributed by atoms with Crippen LogP contribution in [0.1, 0.15) is 82.2 Å². The van der Waals surface area contributed by atoms with Crippen LogP contribution in [0.2, 0.25) is 0 Å². The summed E-state index contributed by atoms with van der Waals surface area (Å²) in [6.45, 7) is 15.6. The summed E-state index contributed by atoms with van der Waals surface area (Å²) in [6, 6.07) is 10.3. The Bertz CT molecular complexity index is 1080. The third-order valence-electron chi connectivity index (χ3n) is 6.57. The molecule has 0 bridgehead atoms. The van der Waals surface area contributed by atoms with Gasteiger partial charge in [-0.1, -0.05) is 52.8 Å². The second-order valence-electron chi connectivity index (χ2n) is 10.7. The smallest absolute Gasteiger partial charge is 0.300 e. The van der Waals surface area contributed by atoms with E-state index in [1.807, 2.05) is 66.9 Å². The SMILES string of the molecule is CC(=O)O.CCC(CC)(c1ccc(OCC(O)C(C)(C)C)c(C)c1)c1cc(C)c(O)c(/C=C/C=O)c1.CNC. The quantitative estimate of drug-likeness (QED) is 0.225. The van der Waals surface area contributed by atoms with E-state index in [1.165, 1.54) is 11.6 Å². The highest BCUT2D eigenvalue weighted by Crippen LogP contribution is 2.42. The molecule has 0 radical (unpaired) electrons. The van der Waals surface area contributed by atoms with E-state index in [0.717, 1.165) is 42.2 Å². The number of nitrogens with one attached hydrogen (secondary N) is 1. The number of aliphatic hydroxyl groups is 1. The Morgan fingerprint density at radius 1 is 1.03 bits per heavy atom. The number of aldehydes is 1. The zero-order valence-corrected chi connectivity index (χ0v) is 25.4. The minimum Gasteiger partial charge on any atom is -0.507 e. The van der Waals surface area contributed by atoms with Gasteiger partial charge in [-0.05, 0) is 92.7 Å². The van der Waals surface area contributed by atoms with Crippen LogP contribution in [0.15, 0.2) is 36.4 Å². The second kappa shape index (κ2) is 16.7. The van der Waals surface area contributed by atoms with E-state index < -0.39 is 12.1 Å². The monoisotopic (exact) mass is 543 g/mol. The molecule has 0 aliphatic carbocycles. The van der Waals surface area contributed by atoms with Gasteiger partial charge in [-0.15, -0.1) is 0 Å². The summed E-state index contributed by atoms with van der Waals surface area (Å²) in [4.78, 5) is 19.8. The number of aliphatic hydroxyl groups excluding tert-OH is 1. The van der Waals surface area contributed by atoms with Crippen molar-refractivity contribution in [1.29, 1.82) is 0 Å². The van der Waals surface area contributed by atoms with E-state index in [9.17, 15) is 15.0 Å². The maximum Gasteiger partial charge on any atom is 0.300 e. The number of aryl methyl sites for hydroxylation is 2. The van der Waals surface area contributed by atoms with Gasteiger partial charge >= 0.3 is 0 Å². The summed E-state index contributed by atoms with van der Waals surface area (Å²) >= 11 is 0. The molecule has 0 heterocycles. The zero-order valence-electron chi connectivity index (χ0n) is 25.4. The zero-order chi connectivity index (χ0) is 30.4. The van der Waals surface area contributed by atoms with Crippen LogP contribution in [0.5, 0.6) is 11.5 Å². The third-order valence-corrected chi connectivity index (χ3v) is 6.57. The number of ether oxygens (including phenoxy) is 1. The summed E-state index contributed by atoms with van der Waals surface area (Å²) < 4.78 is 5.94. The lowest BCUT2D eigenvalue weighted by Gasteiger charge is -2.34. The van der Waals surface area contributed by atoms with Crippen LogP contribution in [-0.2, 0) is 15.0 Å². The number of hydrogen-bond acceptors (Lipinski definition) is 6. The minimum absolute atomic E-state index is 0.199. The number of phenols is 1. The molecule has 218 valence electrons. The maximum absolute atomic E-state index is 10.8. The van der Waals surface area contributed by atoms with E-state index in [1.54, 1.807) is 6.08 Å². The van der Waals surface area contributed by atoms with Crippen LogP contribution in [0, 0.1) is 19.3 Å². The Hall–Kier alpha value is -3.16. The van der Waals surface area contributed by atoms with Crippen molar-refractivity contribution in [3.05, 3.63) is 64.2 Å². The van der Waals surface area contributed by atoms with Crippen molar-refractivity contribution < 1.29 is 29.6 Å². The van der Waals surface area contributed by atoms with Crippen molar-refractivity contribution in [2.45, 2.75) is 79.8 Å². The number of aromatic hydroxyl groups is 1. The first-order valence-electron chi connectivity index (χ1n) is 13.3. The van der Waals surface area contributed by atoms with Crippen molar-refractivity contribution >= 4 is 18.3 Å².